The number of aromatic nitrogens is 3. The minimum atomic E-state index is -0.0332. The maximum absolute atomic E-state index is 11.0. The smallest absolute Gasteiger partial charge is 0.124 e. The fourth-order valence-corrected chi connectivity index (χ4v) is 8.71. The van der Waals surface area contributed by atoms with Gasteiger partial charge in [-0.1, -0.05) is 126 Å². The molecule has 4 aromatic heterocycles. The fourth-order valence-electron chi connectivity index (χ4n) is 7.77. The number of aromatic hydroxyl groups is 1. The number of para-hydroxylation sites is 3. The van der Waals surface area contributed by atoms with E-state index in [1.807, 2.05) is 24.4 Å². The predicted octanol–water partition coefficient (Wildman–Crippen LogP) is 14.3. The zero-order valence-corrected chi connectivity index (χ0v) is 34.0. The van der Waals surface area contributed by atoms with E-state index in [-0.39, 0.29) is 16.6 Å². The summed E-state index contributed by atoms with van der Waals surface area (Å²) in [7, 11) is 0. The summed E-state index contributed by atoms with van der Waals surface area (Å²) in [5.41, 5.74) is 14.4. The Morgan fingerprint density at radius 3 is 1.88 bits per heavy atom. The molecule has 9 rings (SSSR count). The van der Waals surface area contributed by atoms with Crippen LogP contribution in [0.2, 0.25) is 0 Å². The molecule has 0 aliphatic heterocycles. The van der Waals surface area contributed by atoms with Crippen LogP contribution in [0.3, 0.4) is 0 Å². The van der Waals surface area contributed by atoms with Gasteiger partial charge in [-0.15, -0.1) is 11.3 Å². The minimum absolute atomic E-state index is 0.0332. The average molecular weight is 760 g/mol. The monoisotopic (exact) mass is 759 g/mol. The molecule has 0 saturated carbocycles. The number of benzene rings is 5. The van der Waals surface area contributed by atoms with Crippen LogP contribution in [0.4, 0.5) is 0 Å². The third-order valence-electron chi connectivity index (χ3n) is 10.9. The first-order valence-electron chi connectivity index (χ1n) is 19.5. The standard InChI is InChI=1S/C52H45N3OS/c1-51(2,3)38-27-36(28-39(32-38)52(4,5)6)37-30-46(54-47(31-37)44-18-10-11-21-48(44)56)35-15-12-14-34(26-35)45-29-33(22-24-53-45)41-19-13-20-42-43-23-25-57-50(43)55(49(41)42)40-16-8-7-9-17-40/h7-32,56H,1-6H3. The molecule has 0 atom stereocenters. The first kappa shape index (κ1) is 36.3. The summed E-state index contributed by atoms with van der Waals surface area (Å²) in [6.45, 7) is 13.6. The van der Waals surface area contributed by atoms with Gasteiger partial charge in [0.1, 0.15) is 10.6 Å². The maximum Gasteiger partial charge on any atom is 0.124 e. The molecule has 5 heteroatoms. The van der Waals surface area contributed by atoms with E-state index in [2.05, 4.69) is 173 Å². The van der Waals surface area contributed by atoms with E-state index in [1.54, 1.807) is 17.4 Å². The number of hydrogen-bond donors (Lipinski definition) is 1. The third kappa shape index (κ3) is 6.83. The number of thiophene rings is 1. The molecule has 0 aliphatic rings. The van der Waals surface area contributed by atoms with E-state index in [9.17, 15) is 5.11 Å². The number of phenolic OH excluding ortho intramolecular Hbond substituents is 1. The van der Waals surface area contributed by atoms with Crippen molar-refractivity contribution in [3.05, 3.63) is 168 Å². The van der Waals surface area contributed by atoms with E-state index in [4.69, 9.17) is 9.97 Å². The van der Waals surface area contributed by atoms with Crippen LogP contribution in [0.15, 0.2) is 157 Å². The van der Waals surface area contributed by atoms with Gasteiger partial charge >= 0.3 is 0 Å². The summed E-state index contributed by atoms with van der Waals surface area (Å²) in [4.78, 5) is 11.4. The van der Waals surface area contributed by atoms with E-state index in [0.717, 1.165) is 56.1 Å². The zero-order valence-electron chi connectivity index (χ0n) is 33.2. The van der Waals surface area contributed by atoms with Crippen LogP contribution < -0.4 is 0 Å². The molecule has 9 aromatic rings. The van der Waals surface area contributed by atoms with Gasteiger partial charge in [-0.25, -0.2) is 4.98 Å². The molecule has 4 nitrogen and oxygen atoms in total. The van der Waals surface area contributed by atoms with Gasteiger partial charge in [0.05, 0.1) is 22.6 Å². The summed E-state index contributed by atoms with van der Waals surface area (Å²) in [5, 5.41) is 15.7. The first-order chi connectivity index (χ1) is 27.4. The lowest BCUT2D eigenvalue weighted by atomic mass is 9.79. The van der Waals surface area contributed by atoms with Crippen molar-refractivity contribution in [3.8, 4) is 67.5 Å². The molecule has 0 radical (unpaired) electrons. The Labute approximate surface area is 338 Å². The van der Waals surface area contributed by atoms with E-state index >= 15 is 0 Å². The largest absolute Gasteiger partial charge is 0.507 e. The Kier molecular flexibility index (Phi) is 8.94. The topological polar surface area (TPSA) is 50.9 Å². The van der Waals surface area contributed by atoms with E-state index in [0.29, 0.717) is 5.56 Å². The normalized spacial score (nSPS) is 12.1. The molecule has 0 amide bonds. The number of rotatable bonds is 6. The van der Waals surface area contributed by atoms with E-state index in [1.165, 1.54) is 32.2 Å². The minimum Gasteiger partial charge on any atom is -0.507 e. The summed E-state index contributed by atoms with van der Waals surface area (Å²) in [5.74, 6) is 0.204. The Hall–Kier alpha value is -6.30. The Morgan fingerprint density at radius 1 is 0.509 bits per heavy atom. The van der Waals surface area contributed by atoms with Crippen molar-refractivity contribution in [2.75, 3.05) is 0 Å². The second-order valence-corrected chi connectivity index (χ2v) is 17.9. The molecule has 0 saturated heterocycles. The summed E-state index contributed by atoms with van der Waals surface area (Å²) >= 11 is 1.77. The molecule has 5 aromatic carbocycles. The molecule has 0 unspecified atom stereocenters. The summed E-state index contributed by atoms with van der Waals surface area (Å²) in [6, 6.07) is 51.0. The molecule has 4 heterocycles. The Morgan fingerprint density at radius 2 is 1.14 bits per heavy atom. The first-order valence-corrected chi connectivity index (χ1v) is 20.4. The van der Waals surface area contributed by atoms with Crippen molar-refractivity contribution >= 4 is 32.5 Å². The molecular weight excluding hydrogens is 715 g/mol. The lowest BCUT2D eigenvalue weighted by Crippen LogP contribution is -2.16. The van der Waals surface area contributed by atoms with Crippen LogP contribution in [0.25, 0.3) is 82.8 Å². The van der Waals surface area contributed by atoms with Gasteiger partial charge in [-0.2, -0.15) is 0 Å². The molecular formula is C52H45N3OS. The Balaban J connectivity index is 1.18. The number of pyridine rings is 2. The number of hydrogen-bond acceptors (Lipinski definition) is 4. The molecule has 57 heavy (non-hydrogen) atoms. The SMILES string of the molecule is CC(C)(C)c1cc(-c2cc(-c3cccc(-c4cc(-c5cccc6c7ccsc7n(-c7ccccc7)c56)ccn4)c3)nc(-c3ccccc3O)c2)cc(C(C)(C)C)c1. The van der Waals surface area contributed by atoms with Gasteiger partial charge in [0.15, 0.2) is 0 Å². The fraction of sp³-hybridized carbons (Fsp3) is 0.154. The molecule has 0 aliphatic carbocycles. The third-order valence-corrected chi connectivity index (χ3v) is 11.8. The second-order valence-electron chi connectivity index (χ2n) is 17.0. The van der Waals surface area contributed by atoms with Gasteiger partial charge in [-0.05, 0) is 105 Å². The van der Waals surface area contributed by atoms with Crippen molar-refractivity contribution in [2.24, 2.45) is 0 Å². The highest BCUT2D eigenvalue weighted by molar-refractivity contribution is 7.17. The lowest BCUT2D eigenvalue weighted by molar-refractivity contribution is 0.477. The summed E-state index contributed by atoms with van der Waals surface area (Å²) < 4.78 is 2.40. The number of fused-ring (bicyclic) bond motifs is 3. The van der Waals surface area contributed by atoms with Gasteiger partial charge in [0, 0.05) is 44.9 Å². The average Bonchev–Trinajstić information content (AvgIpc) is 3.82. The molecule has 1 N–H and O–H groups in total. The van der Waals surface area contributed by atoms with Crippen LogP contribution in [0, 0.1) is 0 Å². The molecule has 0 spiro atoms. The highest BCUT2D eigenvalue weighted by atomic mass is 32.1. The highest BCUT2D eigenvalue weighted by Crippen LogP contribution is 2.42. The second kappa shape index (κ2) is 14.0. The predicted molar refractivity (Wildman–Crippen MR) is 240 cm³/mol. The van der Waals surface area contributed by atoms with Gasteiger partial charge in [-0.3, -0.25) is 4.98 Å². The van der Waals surface area contributed by atoms with Crippen molar-refractivity contribution in [1.82, 2.24) is 14.5 Å². The highest BCUT2D eigenvalue weighted by Gasteiger charge is 2.23. The molecule has 280 valence electrons. The van der Waals surface area contributed by atoms with Gasteiger partial charge in [0.2, 0.25) is 0 Å². The van der Waals surface area contributed by atoms with Crippen LogP contribution in [0.1, 0.15) is 52.7 Å². The lowest BCUT2D eigenvalue weighted by Gasteiger charge is -2.26. The van der Waals surface area contributed by atoms with Crippen molar-refractivity contribution in [3.63, 3.8) is 0 Å². The van der Waals surface area contributed by atoms with Crippen LogP contribution >= 0.6 is 11.3 Å². The van der Waals surface area contributed by atoms with Crippen molar-refractivity contribution < 1.29 is 5.11 Å². The van der Waals surface area contributed by atoms with Crippen molar-refractivity contribution in [1.29, 1.82) is 0 Å². The van der Waals surface area contributed by atoms with Crippen molar-refractivity contribution in [2.45, 2.75) is 52.4 Å². The number of phenols is 1. The summed E-state index contributed by atoms with van der Waals surface area (Å²) in [6.07, 6.45) is 1.92. The molecule has 0 bridgehead atoms. The van der Waals surface area contributed by atoms with Crippen LogP contribution in [-0.4, -0.2) is 19.6 Å². The van der Waals surface area contributed by atoms with Gasteiger partial charge < -0.3 is 9.67 Å². The Bertz CT molecular complexity index is 2910. The zero-order chi connectivity index (χ0) is 39.5. The number of nitrogens with zero attached hydrogens (tertiary/aromatic N) is 3. The van der Waals surface area contributed by atoms with Crippen LogP contribution in [-0.2, 0) is 10.8 Å². The van der Waals surface area contributed by atoms with Crippen LogP contribution in [0.5, 0.6) is 5.75 Å². The quantitative estimate of drug-likeness (QED) is 0.184. The maximum atomic E-state index is 11.0. The van der Waals surface area contributed by atoms with E-state index < -0.39 is 0 Å². The van der Waals surface area contributed by atoms with Gasteiger partial charge in [0.25, 0.3) is 0 Å². The molecule has 0 fully saturated rings.